The summed E-state index contributed by atoms with van der Waals surface area (Å²) in [5, 5.41) is -1.08. The number of hydrogen-bond acceptors (Lipinski definition) is 6. The van der Waals surface area contributed by atoms with Gasteiger partial charge in [0.2, 0.25) is 0 Å². The standard InChI is InChI=1S/C17H26O6P2/c1-16(2)10-20-24(18,21-11-16)15(14-8-6-5-7-9-14)25(19)22-12-17(3,4)13-23-25/h5-9,15H,10-13H2,1-4H3. The van der Waals surface area contributed by atoms with Crippen molar-refractivity contribution < 1.29 is 27.2 Å². The van der Waals surface area contributed by atoms with E-state index in [-0.39, 0.29) is 37.3 Å². The predicted octanol–water partition coefficient (Wildman–Crippen LogP) is 5.22. The van der Waals surface area contributed by atoms with E-state index in [1.165, 1.54) is 0 Å². The van der Waals surface area contributed by atoms with Crippen molar-refractivity contribution in [1.29, 1.82) is 0 Å². The van der Waals surface area contributed by atoms with E-state index in [2.05, 4.69) is 0 Å². The van der Waals surface area contributed by atoms with E-state index in [0.29, 0.717) is 5.56 Å². The summed E-state index contributed by atoms with van der Waals surface area (Å²) >= 11 is 0. The van der Waals surface area contributed by atoms with Crippen LogP contribution in [0.4, 0.5) is 0 Å². The summed E-state index contributed by atoms with van der Waals surface area (Å²) in [7, 11) is -7.43. The minimum absolute atomic E-state index is 0.250. The van der Waals surface area contributed by atoms with Crippen LogP contribution in [0.5, 0.6) is 0 Å². The first kappa shape index (κ1) is 19.3. The van der Waals surface area contributed by atoms with Gasteiger partial charge in [-0.25, -0.2) is 0 Å². The molecule has 2 saturated heterocycles. The Morgan fingerprint density at radius 2 is 1.12 bits per heavy atom. The molecule has 6 nitrogen and oxygen atoms in total. The Balaban J connectivity index is 1.98. The van der Waals surface area contributed by atoms with E-state index < -0.39 is 20.6 Å². The number of hydrogen-bond donors (Lipinski definition) is 0. The van der Waals surface area contributed by atoms with Crippen LogP contribution in [0.15, 0.2) is 30.3 Å². The largest absolute Gasteiger partial charge is 0.350 e. The van der Waals surface area contributed by atoms with Crippen molar-refractivity contribution in [2.45, 2.75) is 33.1 Å². The van der Waals surface area contributed by atoms with Gasteiger partial charge in [0.15, 0.2) is 5.40 Å². The minimum Gasteiger partial charge on any atom is -0.307 e. The van der Waals surface area contributed by atoms with Crippen LogP contribution >= 0.6 is 15.2 Å². The van der Waals surface area contributed by atoms with Crippen molar-refractivity contribution in [2.24, 2.45) is 10.8 Å². The summed E-state index contributed by atoms with van der Waals surface area (Å²) in [6.07, 6.45) is 0. The lowest BCUT2D eigenvalue weighted by atomic mass is 9.97. The molecule has 0 N–H and O–H groups in total. The van der Waals surface area contributed by atoms with Gasteiger partial charge in [-0.3, -0.25) is 9.13 Å². The highest BCUT2D eigenvalue weighted by molar-refractivity contribution is 7.72. The van der Waals surface area contributed by atoms with Gasteiger partial charge in [-0.05, 0) is 5.56 Å². The zero-order valence-electron chi connectivity index (χ0n) is 15.1. The van der Waals surface area contributed by atoms with Gasteiger partial charge in [0.05, 0.1) is 26.4 Å². The summed E-state index contributed by atoms with van der Waals surface area (Å²) < 4.78 is 49.7. The van der Waals surface area contributed by atoms with Crippen molar-refractivity contribution in [2.75, 3.05) is 26.4 Å². The fourth-order valence-corrected chi connectivity index (χ4v) is 8.75. The molecule has 0 unspecified atom stereocenters. The molecule has 0 radical (unpaired) electrons. The molecule has 2 heterocycles. The SMILES string of the molecule is CC1(C)COP(=O)(C(c2ccccc2)P2(=O)OCC(C)(C)CO2)OC1. The molecular weight excluding hydrogens is 362 g/mol. The van der Waals surface area contributed by atoms with Crippen molar-refractivity contribution in [1.82, 2.24) is 0 Å². The second-order valence-electron chi connectivity index (χ2n) is 8.29. The molecule has 2 aliphatic heterocycles. The predicted molar refractivity (Wildman–Crippen MR) is 95.8 cm³/mol. The van der Waals surface area contributed by atoms with Crippen molar-refractivity contribution in [3.63, 3.8) is 0 Å². The molecule has 2 fully saturated rings. The number of benzene rings is 1. The maximum Gasteiger partial charge on any atom is 0.350 e. The lowest BCUT2D eigenvalue weighted by Gasteiger charge is -2.42. The van der Waals surface area contributed by atoms with Gasteiger partial charge < -0.3 is 18.1 Å². The van der Waals surface area contributed by atoms with E-state index in [1.54, 1.807) is 24.3 Å². The Morgan fingerprint density at radius 3 is 1.48 bits per heavy atom. The molecule has 0 saturated carbocycles. The molecule has 1 aromatic rings. The van der Waals surface area contributed by atoms with E-state index >= 15 is 0 Å². The fourth-order valence-electron chi connectivity index (χ4n) is 2.66. The van der Waals surface area contributed by atoms with Crippen LogP contribution in [0.2, 0.25) is 0 Å². The Labute approximate surface area is 149 Å². The highest BCUT2D eigenvalue weighted by atomic mass is 31.2. The van der Waals surface area contributed by atoms with Gasteiger partial charge in [-0.2, -0.15) is 0 Å². The zero-order valence-corrected chi connectivity index (χ0v) is 16.9. The summed E-state index contributed by atoms with van der Waals surface area (Å²) in [4.78, 5) is 0. The van der Waals surface area contributed by atoms with Gasteiger partial charge in [-0.15, -0.1) is 0 Å². The topological polar surface area (TPSA) is 71.1 Å². The third kappa shape index (κ3) is 4.10. The van der Waals surface area contributed by atoms with Crippen LogP contribution in [-0.4, -0.2) is 26.4 Å². The summed E-state index contributed by atoms with van der Waals surface area (Å²) in [5.74, 6) is 0. The molecule has 8 heteroatoms. The quantitative estimate of drug-likeness (QED) is 0.662. The Morgan fingerprint density at radius 1 is 0.760 bits per heavy atom. The maximum absolute atomic E-state index is 13.5. The number of rotatable bonds is 3. The fraction of sp³-hybridized carbons (Fsp3) is 0.647. The van der Waals surface area contributed by atoms with Crippen LogP contribution in [-0.2, 0) is 27.2 Å². The van der Waals surface area contributed by atoms with Gasteiger partial charge in [0.25, 0.3) is 0 Å². The van der Waals surface area contributed by atoms with Crippen molar-refractivity contribution in [3.8, 4) is 0 Å². The molecule has 1 aromatic carbocycles. The van der Waals surface area contributed by atoms with Gasteiger partial charge >= 0.3 is 15.2 Å². The first-order valence-electron chi connectivity index (χ1n) is 8.38. The Bertz CT molecular complexity index is 645. The first-order valence-corrected chi connectivity index (χ1v) is 11.6. The van der Waals surface area contributed by atoms with Crippen LogP contribution < -0.4 is 0 Å². The Kier molecular flexibility index (Phi) is 5.09. The average molecular weight is 388 g/mol. The molecule has 0 atom stereocenters. The van der Waals surface area contributed by atoms with E-state index in [9.17, 15) is 9.13 Å². The van der Waals surface area contributed by atoms with E-state index in [0.717, 1.165) is 0 Å². The van der Waals surface area contributed by atoms with Gasteiger partial charge in [0.1, 0.15) is 0 Å². The van der Waals surface area contributed by atoms with Crippen molar-refractivity contribution >= 4 is 15.2 Å². The third-order valence-corrected chi connectivity index (χ3v) is 9.69. The van der Waals surface area contributed by atoms with Gasteiger partial charge in [0, 0.05) is 10.8 Å². The molecule has 25 heavy (non-hydrogen) atoms. The van der Waals surface area contributed by atoms with Crippen LogP contribution in [0, 0.1) is 10.8 Å². The lowest BCUT2D eigenvalue weighted by Crippen LogP contribution is -2.33. The maximum atomic E-state index is 13.5. The zero-order chi connectivity index (χ0) is 18.3. The summed E-state index contributed by atoms with van der Waals surface area (Å²) in [6, 6.07) is 8.93. The van der Waals surface area contributed by atoms with Crippen LogP contribution in [0.25, 0.3) is 0 Å². The van der Waals surface area contributed by atoms with Gasteiger partial charge in [-0.1, -0.05) is 58.0 Å². The molecule has 0 spiro atoms. The van der Waals surface area contributed by atoms with E-state index in [1.807, 2.05) is 33.8 Å². The molecule has 0 aromatic heterocycles. The van der Waals surface area contributed by atoms with Crippen molar-refractivity contribution in [3.05, 3.63) is 35.9 Å². The second kappa shape index (κ2) is 6.60. The normalized spacial score (nSPS) is 27.1. The molecule has 0 amide bonds. The molecule has 0 bridgehead atoms. The average Bonchev–Trinajstić information content (AvgIpc) is 2.55. The third-order valence-electron chi connectivity index (χ3n) is 4.24. The lowest BCUT2D eigenvalue weighted by molar-refractivity contribution is 0.0274. The molecule has 140 valence electrons. The smallest absolute Gasteiger partial charge is 0.307 e. The molecule has 2 aliphatic rings. The minimum atomic E-state index is -3.71. The monoisotopic (exact) mass is 388 g/mol. The molecule has 3 rings (SSSR count). The van der Waals surface area contributed by atoms with E-state index in [4.69, 9.17) is 18.1 Å². The molecular formula is C17H26O6P2. The first-order chi connectivity index (χ1) is 11.6. The highest BCUT2D eigenvalue weighted by Gasteiger charge is 2.56. The summed E-state index contributed by atoms with van der Waals surface area (Å²) in [6.45, 7) is 8.91. The highest BCUT2D eigenvalue weighted by Crippen LogP contribution is 2.80. The second-order valence-corrected chi connectivity index (χ2v) is 12.9. The molecule has 0 aliphatic carbocycles. The van der Waals surface area contributed by atoms with Crippen LogP contribution in [0.1, 0.15) is 38.7 Å². The van der Waals surface area contributed by atoms with Crippen LogP contribution in [0.3, 0.4) is 0 Å². The summed E-state index contributed by atoms with van der Waals surface area (Å²) in [5.41, 5.74) is 0.0772. The Hall–Kier alpha value is -0.480.